The van der Waals surface area contributed by atoms with Crippen molar-refractivity contribution in [2.45, 2.75) is 32.3 Å². The number of phenolic OH excluding ortho intramolecular Hbond substituents is 1. The minimum absolute atomic E-state index is 0.0403. The molecule has 5 rings (SSSR count). The van der Waals surface area contributed by atoms with Gasteiger partial charge in [0.2, 0.25) is 0 Å². The van der Waals surface area contributed by atoms with Crippen molar-refractivity contribution in [1.29, 1.82) is 0 Å². The molecule has 9 heteroatoms. The van der Waals surface area contributed by atoms with Crippen molar-refractivity contribution >= 4 is 16.9 Å². The number of methoxy groups -OCH3 is 1. The van der Waals surface area contributed by atoms with Crippen molar-refractivity contribution in [2.75, 3.05) is 46.9 Å². The fourth-order valence-electron chi connectivity index (χ4n) is 5.20. The van der Waals surface area contributed by atoms with Gasteiger partial charge in [0.05, 0.1) is 13.2 Å². The topological polar surface area (TPSA) is 102 Å². The monoisotopic (exact) mass is 586 g/mol. The van der Waals surface area contributed by atoms with E-state index in [1.54, 1.807) is 30.2 Å². The van der Waals surface area contributed by atoms with Gasteiger partial charge in [-0.2, -0.15) is 0 Å². The summed E-state index contributed by atoms with van der Waals surface area (Å²) in [6.07, 6.45) is 2.73. The molecule has 1 amide bonds. The minimum Gasteiger partial charge on any atom is -0.507 e. The van der Waals surface area contributed by atoms with Crippen molar-refractivity contribution in [3.63, 3.8) is 0 Å². The summed E-state index contributed by atoms with van der Waals surface area (Å²) in [6.45, 7) is 4.73. The number of likely N-dealkylation sites (N-methyl/N-ethyl adjacent to an activating group) is 1. The second-order valence-corrected chi connectivity index (χ2v) is 10.9. The number of ether oxygens (including phenoxy) is 3. The summed E-state index contributed by atoms with van der Waals surface area (Å²) in [5.41, 5.74) is 1.66. The third-order valence-electron chi connectivity index (χ3n) is 7.70. The van der Waals surface area contributed by atoms with Crippen molar-refractivity contribution in [3.05, 3.63) is 82.5 Å². The van der Waals surface area contributed by atoms with Crippen LogP contribution in [0.2, 0.25) is 0 Å². The van der Waals surface area contributed by atoms with E-state index in [2.05, 4.69) is 17.0 Å². The second-order valence-electron chi connectivity index (χ2n) is 10.9. The van der Waals surface area contributed by atoms with E-state index in [1.807, 2.05) is 32.2 Å². The van der Waals surface area contributed by atoms with Crippen LogP contribution in [-0.4, -0.2) is 73.9 Å². The summed E-state index contributed by atoms with van der Waals surface area (Å²) in [7, 11) is 3.60. The number of benzene rings is 3. The van der Waals surface area contributed by atoms with Crippen molar-refractivity contribution in [1.82, 2.24) is 9.80 Å². The molecule has 1 atom stereocenters. The number of hydrogen-bond acceptors (Lipinski definition) is 8. The van der Waals surface area contributed by atoms with E-state index in [9.17, 15) is 14.7 Å². The smallest absolute Gasteiger partial charge is 0.260 e. The van der Waals surface area contributed by atoms with E-state index in [0.29, 0.717) is 35.9 Å². The maximum atomic E-state index is 13.0. The predicted octanol–water partition coefficient (Wildman–Crippen LogP) is 5.12. The number of rotatable bonds is 11. The zero-order chi connectivity index (χ0) is 30.3. The molecule has 1 aromatic heterocycles. The van der Waals surface area contributed by atoms with Gasteiger partial charge in [-0.1, -0.05) is 30.3 Å². The summed E-state index contributed by atoms with van der Waals surface area (Å²) >= 11 is 0. The van der Waals surface area contributed by atoms with Crippen molar-refractivity contribution in [3.8, 4) is 34.3 Å². The molecular formula is C34H38N2O7. The molecule has 0 saturated carbocycles. The fraction of sp³-hybridized carbons (Fsp3) is 0.353. The van der Waals surface area contributed by atoms with Gasteiger partial charge in [0.1, 0.15) is 28.2 Å². The predicted molar refractivity (Wildman–Crippen MR) is 165 cm³/mol. The average Bonchev–Trinajstić information content (AvgIpc) is 3.00. The van der Waals surface area contributed by atoms with Crippen LogP contribution in [-0.2, 0) is 11.2 Å². The highest BCUT2D eigenvalue weighted by atomic mass is 16.5. The molecule has 2 heterocycles. The van der Waals surface area contributed by atoms with Gasteiger partial charge in [-0.3, -0.25) is 9.59 Å². The van der Waals surface area contributed by atoms with Gasteiger partial charge in [0, 0.05) is 49.9 Å². The van der Waals surface area contributed by atoms with Crippen LogP contribution in [0.3, 0.4) is 0 Å². The zero-order valence-corrected chi connectivity index (χ0v) is 24.9. The fourth-order valence-corrected chi connectivity index (χ4v) is 5.20. The van der Waals surface area contributed by atoms with Crippen molar-refractivity contribution in [2.24, 2.45) is 0 Å². The second kappa shape index (κ2) is 13.6. The quantitative estimate of drug-likeness (QED) is 0.259. The summed E-state index contributed by atoms with van der Waals surface area (Å²) in [5, 5.41) is 10.7. The van der Waals surface area contributed by atoms with Gasteiger partial charge in [-0.25, -0.2) is 0 Å². The van der Waals surface area contributed by atoms with Gasteiger partial charge in [-0.15, -0.1) is 0 Å². The first kappa shape index (κ1) is 30.0. The Morgan fingerprint density at radius 2 is 1.77 bits per heavy atom. The first-order chi connectivity index (χ1) is 20.8. The molecule has 4 aromatic rings. The van der Waals surface area contributed by atoms with E-state index in [4.69, 9.17) is 18.6 Å². The van der Waals surface area contributed by atoms with Gasteiger partial charge >= 0.3 is 0 Å². The molecule has 1 saturated heterocycles. The largest absolute Gasteiger partial charge is 0.507 e. The molecule has 1 aliphatic heterocycles. The average molecular weight is 587 g/mol. The summed E-state index contributed by atoms with van der Waals surface area (Å²) in [6, 6.07) is 19.9. The zero-order valence-electron chi connectivity index (χ0n) is 24.9. The molecule has 0 spiro atoms. The highest BCUT2D eigenvalue weighted by Crippen LogP contribution is 2.36. The molecule has 1 unspecified atom stereocenters. The summed E-state index contributed by atoms with van der Waals surface area (Å²) < 4.78 is 23.6. The Morgan fingerprint density at radius 1 is 1.00 bits per heavy atom. The number of piperazine rings is 1. The minimum atomic E-state index is -0.402. The van der Waals surface area contributed by atoms with Crippen LogP contribution in [0.25, 0.3) is 22.3 Å². The SMILES string of the molecule is COc1ccc(-c2cc(=O)c3c(O)cc(OCC(=O)N4CCN(C)CC4)cc3o2)cc1OC(C)CCCc1ccccc1. The van der Waals surface area contributed by atoms with E-state index in [1.165, 1.54) is 23.8 Å². The van der Waals surface area contributed by atoms with E-state index < -0.39 is 5.43 Å². The van der Waals surface area contributed by atoms with Gasteiger partial charge in [0.15, 0.2) is 23.5 Å². The highest BCUT2D eigenvalue weighted by Gasteiger charge is 2.20. The number of aryl methyl sites for hydroxylation is 1. The molecular weight excluding hydrogens is 548 g/mol. The maximum absolute atomic E-state index is 13.0. The van der Waals surface area contributed by atoms with Crippen molar-refractivity contribution < 1.29 is 28.5 Å². The first-order valence-electron chi connectivity index (χ1n) is 14.6. The number of amides is 1. The molecule has 226 valence electrons. The van der Waals surface area contributed by atoms with Gasteiger partial charge in [0.25, 0.3) is 5.91 Å². The van der Waals surface area contributed by atoms with Crippen LogP contribution in [0.15, 0.2) is 75.9 Å². The molecule has 0 bridgehead atoms. The lowest BCUT2D eigenvalue weighted by atomic mass is 10.1. The summed E-state index contributed by atoms with van der Waals surface area (Å²) in [4.78, 5) is 29.6. The van der Waals surface area contributed by atoms with Crippen LogP contribution in [0.1, 0.15) is 25.3 Å². The first-order valence-corrected chi connectivity index (χ1v) is 14.6. The molecule has 1 fully saturated rings. The van der Waals surface area contributed by atoms with Gasteiger partial charge in [-0.05, 0) is 57.0 Å². The van der Waals surface area contributed by atoms with Crippen LogP contribution in [0.5, 0.6) is 23.0 Å². The Kier molecular flexibility index (Phi) is 9.51. The molecule has 0 aliphatic carbocycles. The number of carbonyl (C=O) groups is 1. The number of fused-ring (bicyclic) bond motifs is 1. The van der Waals surface area contributed by atoms with E-state index in [-0.39, 0.29) is 41.1 Å². The van der Waals surface area contributed by atoms with Crippen LogP contribution in [0.4, 0.5) is 0 Å². The lowest BCUT2D eigenvalue weighted by molar-refractivity contribution is -0.134. The number of phenols is 1. The Balaban J connectivity index is 1.32. The third-order valence-corrected chi connectivity index (χ3v) is 7.70. The number of hydrogen-bond donors (Lipinski definition) is 1. The lowest BCUT2D eigenvalue weighted by Gasteiger charge is -2.32. The Hall–Kier alpha value is -4.50. The normalized spacial score (nSPS) is 14.4. The Bertz CT molecular complexity index is 1610. The van der Waals surface area contributed by atoms with Crippen LogP contribution < -0.4 is 19.6 Å². The van der Waals surface area contributed by atoms with E-state index in [0.717, 1.165) is 32.4 Å². The van der Waals surface area contributed by atoms with E-state index >= 15 is 0 Å². The molecule has 1 aliphatic rings. The van der Waals surface area contributed by atoms with Crippen LogP contribution in [0, 0.1) is 0 Å². The Labute approximate surface area is 251 Å². The maximum Gasteiger partial charge on any atom is 0.260 e. The summed E-state index contributed by atoms with van der Waals surface area (Å²) in [5.74, 6) is 1.23. The molecule has 0 radical (unpaired) electrons. The standard InChI is InChI=1S/C34H38N2O7/c1-23(8-7-11-24-9-5-4-6-10-24)42-31-18-25(12-13-29(31)40-3)30-21-28(38)34-27(37)19-26(20-32(34)43-30)41-22-33(39)36-16-14-35(2)15-17-36/h4-6,9-10,12-13,18-21,23,37H,7-8,11,14-17,22H2,1-3H3. The third kappa shape index (κ3) is 7.48. The van der Waals surface area contributed by atoms with Crippen LogP contribution >= 0.6 is 0 Å². The lowest BCUT2D eigenvalue weighted by Crippen LogP contribution is -2.48. The Morgan fingerprint density at radius 3 is 2.51 bits per heavy atom. The number of aromatic hydroxyl groups is 1. The highest BCUT2D eigenvalue weighted by molar-refractivity contribution is 5.86. The number of nitrogens with zero attached hydrogens (tertiary/aromatic N) is 2. The van der Waals surface area contributed by atoms with Gasteiger partial charge < -0.3 is 33.5 Å². The molecule has 1 N–H and O–H groups in total. The molecule has 43 heavy (non-hydrogen) atoms. The molecule has 9 nitrogen and oxygen atoms in total. The molecule has 3 aromatic carbocycles. The number of carbonyl (C=O) groups excluding carboxylic acids is 1.